The summed E-state index contributed by atoms with van der Waals surface area (Å²) in [6.07, 6.45) is 3.84. The summed E-state index contributed by atoms with van der Waals surface area (Å²) in [7, 11) is -17.4. The van der Waals surface area contributed by atoms with Gasteiger partial charge in [0.05, 0.1) is 6.10 Å². The smallest absolute Gasteiger partial charge is 0.449 e. The van der Waals surface area contributed by atoms with E-state index in [0.29, 0.717) is 11.6 Å². The molecular formula is C35H102O10Si12. The number of unbranched alkanes of at least 4 members (excludes halogenated alkanes) is 1. The predicted octanol–water partition coefficient (Wildman–Crippen LogP) is 9.05. The maximum Gasteiger partial charge on any atom is 0.636 e. The molecule has 0 radical (unpaired) electrons. The summed E-state index contributed by atoms with van der Waals surface area (Å²) in [6.45, 7) is 59.3. The highest BCUT2D eigenvalue weighted by atomic mass is 28.5. The Morgan fingerprint density at radius 2 is 0.895 bits per heavy atom. The van der Waals surface area contributed by atoms with Crippen LogP contribution in [0.25, 0.3) is 0 Å². The zero-order valence-electron chi connectivity index (χ0n) is 41.6. The summed E-state index contributed by atoms with van der Waals surface area (Å²) < 4.78 is 60.9. The molecule has 0 spiro atoms. The van der Waals surface area contributed by atoms with Gasteiger partial charge in [0.1, 0.15) is 0 Å². The average Bonchev–Trinajstić information content (AvgIpc) is 3.87. The van der Waals surface area contributed by atoms with Crippen LogP contribution in [0.15, 0.2) is 24.6 Å². The zero-order valence-corrected chi connectivity index (χ0v) is 55.4. The topological polar surface area (TPSA) is 92.3 Å². The van der Waals surface area contributed by atoms with Crippen molar-refractivity contribution in [1.29, 1.82) is 0 Å². The molecule has 0 aromatic heterocycles. The molecule has 350 valence electrons. The Bertz CT molecular complexity index is 841. The first kappa shape index (κ1) is 70.4. The molecule has 0 aliphatic heterocycles. The molecule has 0 bridgehead atoms. The minimum absolute atomic E-state index is 0. The van der Waals surface area contributed by atoms with Crippen LogP contribution >= 0.6 is 0 Å². The van der Waals surface area contributed by atoms with Gasteiger partial charge >= 0.3 is 18.1 Å². The summed E-state index contributed by atoms with van der Waals surface area (Å²) in [5, 5.41) is 0. The highest BCUT2D eigenvalue weighted by Gasteiger charge is 2.57. The molecule has 1 saturated carbocycles. The first-order valence-corrected chi connectivity index (χ1v) is 51.2. The molecule has 1 rings (SSSR count). The van der Waals surface area contributed by atoms with Gasteiger partial charge in [0.25, 0.3) is 0 Å². The Hall–Kier alpha value is 1.68. The summed E-state index contributed by atoms with van der Waals surface area (Å²) in [4.78, 5) is 0. The Morgan fingerprint density at radius 3 is 1.14 bits per heavy atom. The van der Waals surface area contributed by atoms with Crippen molar-refractivity contribution < 1.29 is 41.8 Å². The van der Waals surface area contributed by atoms with Crippen molar-refractivity contribution in [3.8, 4) is 0 Å². The molecule has 0 saturated heterocycles. The third kappa shape index (κ3) is 37.9. The van der Waals surface area contributed by atoms with Gasteiger partial charge in [-0.3, -0.25) is 0 Å². The Labute approximate surface area is 377 Å². The molecule has 10 nitrogen and oxygen atoms in total. The molecule has 1 aliphatic carbocycles. The molecule has 0 N–H and O–H groups in total. The maximum absolute atomic E-state index is 6.54. The highest BCUT2D eigenvalue weighted by Crippen LogP contribution is 2.49. The summed E-state index contributed by atoms with van der Waals surface area (Å²) in [5.74, 6) is 0. The lowest BCUT2D eigenvalue weighted by Crippen LogP contribution is -2.57. The lowest BCUT2D eigenvalue weighted by Gasteiger charge is -2.36. The standard InChI is InChI=1S/C12H34O5Si5.C8H28O4Si5.C8H18OSi2.3C2H6.CH4/c1-7-8-9-13-11-10-12(11)21(5,6)17-22(14-18-2,15-19-3)16-20-4;1-13(2)9-17(10-14(3)4,11-15(5)6)12-16(7)8;1-7-10(3,4)9-11(5,6)8-2;3*1-2;/h11-12H,7-10,18-20H2,1-6H3;13-16H,1-8H3;7-8H,1-2H2,3-6H3;3*1-2H3;1H4. The van der Waals surface area contributed by atoms with Gasteiger partial charge in [0.15, 0.2) is 90.4 Å². The fraction of sp³-hybridized carbons (Fsp3) is 0.886. The van der Waals surface area contributed by atoms with E-state index in [2.05, 4.69) is 131 Å². The van der Waals surface area contributed by atoms with Crippen molar-refractivity contribution in [2.75, 3.05) is 6.61 Å². The van der Waals surface area contributed by atoms with Crippen LogP contribution in [0.1, 0.15) is 75.2 Å². The van der Waals surface area contributed by atoms with E-state index in [9.17, 15) is 0 Å². The number of rotatable bonds is 25. The van der Waals surface area contributed by atoms with Crippen LogP contribution in [0.3, 0.4) is 0 Å². The fourth-order valence-corrected chi connectivity index (χ4v) is 39.1. The van der Waals surface area contributed by atoms with Crippen LogP contribution in [0, 0.1) is 0 Å². The average molecular weight is 1020 g/mol. The van der Waals surface area contributed by atoms with E-state index in [1.807, 2.05) is 52.9 Å². The molecule has 0 aromatic carbocycles. The van der Waals surface area contributed by atoms with Crippen LogP contribution < -0.4 is 0 Å². The second kappa shape index (κ2) is 39.3. The minimum atomic E-state index is -2.83. The van der Waals surface area contributed by atoms with Crippen molar-refractivity contribution in [3.63, 3.8) is 0 Å². The van der Waals surface area contributed by atoms with Gasteiger partial charge in [-0.15, -0.1) is 13.2 Å². The van der Waals surface area contributed by atoms with Crippen molar-refractivity contribution in [2.45, 2.75) is 198 Å². The molecule has 2 unspecified atom stereocenters. The van der Waals surface area contributed by atoms with Crippen molar-refractivity contribution in [2.24, 2.45) is 0 Å². The maximum atomic E-state index is 6.54. The highest BCUT2D eigenvalue weighted by molar-refractivity contribution is 6.89. The predicted molar refractivity (Wildman–Crippen MR) is 287 cm³/mol. The first-order chi connectivity index (χ1) is 25.9. The van der Waals surface area contributed by atoms with Gasteiger partial charge < -0.3 is 41.8 Å². The lowest BCUT2D eigenvalue weighted by atomic mass is 10.4. The first-order valence-electron chi connectivity index (χ1n) is 21.9. The molecule has 0 amide bonds. The van der Waals surface area contributed by atoms with Crippen molar-refractivity contribution >= 4 is 108 Å². The lowest BCUT2D eigenvalue weighted by molar-refractivity contribution is 0.114. The van der Waals surface area contributed by atoms with E-state index in [0.717, 1.165) is 19.4 Å². The van der Waals surface area contributed by atoms with Crippen LogP contribution in [-0.2, 0) is 41.8 Å². The number of hydrogen-bond donors (Lipinski definition) is 0. The van der Waals surface area contributed by atoms with E-state index >= 15 is 0 Å². The Morgan fingerprint density at radius 1 is 0.579 bits per heavy atom. The zero-order chi connectivity index (χ0) is 45.4. The molecule has 57 heavy (non-hydrogen) atoms. The normalized spacial score (nSPS) is 16.8. The van der Waals surface area contributed by atoms with Crippen LogP contribution in [0.5, 0.6) is 0 Å². The molecule has 0 aromatic rings. The second-order valence-electron chi connectivity index (χ2n) is 15.0. The molecule has 2 atom stereocenters. The summed E-state index contributed by atoms with van der Waals surface area (Å²) in [6, 6.07) is 0. The third-order valence-corrected chi connectivity index (χ3v) is 38.4. The summed E-state index contributed by atoms with van der Waals surface area (Å²) >= 11 is 0. The van der Waals surface area contributed by atoms with Gasteiger partial charge in [-0.25, -0.2) is 0 Å². The van der Waals surface area contributed by atoms with Gasteiger partial charge in [-0.1, -0.05) is 93.4 Å². The Balaban J connectivity index is -0.000000166. The number of ether oxygens (including phenoxy) is 1. The SMILES string of the molecule is C.C=C[Si](C)(C)O[Si](C)(C)C=C.CC.CC.CC.CCCCOC1CC1[Si](C)(C)O[Si](O[SiH2]C)(O[SiH2]C)O[SiH2]C.C[SiH](C)O[Si](O[SiH](C)C)(O[SiH](C)C)O[SiH](C)C. The van der Waals surface area contributed by atoms with Crippen molar-refractivity contribution in [1.82, 2.24) is 0 Å². The Kier molecular flexibility index (Phi) is 48.5. The molecule has 0 heterocycles. The fourth-order valence-electron chi connectivity index (χ4n) is 4.69. The van der Waals surface area contributed by atoms with Crippen LogP contribution in [0.4, 0.5) is 0 Å². The molecule has 22 heteroatoms. The largest absolute Gasteiger partial charge is 0.636 e. The van der Waals surface area contributed by atoms with E-state index in [4.69, 9.17) is 41.8 Å². The van der Waals surface area contributed by atoms with E-state index < -0.39 is 108 Å². The van der Waals surface area contributed by atoms with Gasteiger partial charge in [0, 0.05) is 12.1 Å². The molecule has 1 fully saturated rings. The van der Waals surface area contributed by atoms with E-state index in [1.54, 1.807) is 0 Å². The van der Waals surface area contributed by atoms with Crippen LogP contribution in [-0.4, -0.2) is 121 Å². The monoisotopic (exact) mass is 1020 g/mol. The van der Waals surface area contributed by atoms with E-state index in [-0.39, 0.29) is 7.43 Å². The molecule has 1 aliphatic rings. The quantitative estimate of drug-likeness (QED) is 0.0652. The summed E-state index contributed by atoms with van der Waals surface area (Å²) in [5.41, 5.74) is 4.49. The number of hydrogen-bond acceptors (Lipinski definition) is 10. The second-order valence-corrected chi connectivity index (χ2v) is 47.2. The van der Waals surface area contributed by atoms with Gasteiger partial charge in [-0.05, 0) is 104 Å². The van der Waals surface area contributed by atoms with Gasteiger partial charge in [0.2, 0.25) is 0 Å². The molecular weight excluding hydrogens is 917 g/mol. The third-order valence-electron chi connectivity index (χ3n) is 6.84. The van der Waals surface area contributed by atoms with E-state index in [1.165, 1.54) is 6.42 Å². The van der Waals surface area contributed by atoms with Crippen LogP contribution in [0.2, 0.25) is 117 Å². The van der Waals surface area contributed by atoms with Crippen molar-refractivity contribution in [3.05, 3.63) is 24.6 Å². The minimum Gasteiger partial charge on any atom is -0.449 e. The van der Waals surface area contributed by atoms with Gasteiger partial charge in [-0.2, -0.15) is 0 Å².